The fraction of sp³-hybridized carbons (Fsp3) is 0.500. The first-order chi connectivity index (χ1) is 7.93. The first-order valence-electron chi connectivity index (χ1n) is 4.86. The molecule has 0 rings (SSSR count). The Hall–Kier alpha value is -1.37. The van der Waals surface area contributed by atoms with Gasteiger partial charge in [0.2, 0.25) is 5.76 Å². The molecule has 0 aromatic heterocycles. The molecule has 0 aromatic rings. The van der Waals surface area contributed by atoms with Gasteiger partial charge in [0, 0.05) is 6.92 Å². The first-order valence-corrected chi connectivity index (χ1v) is 5.65. The molecule has 0 unspecified atom stereocenters. The molecular weight excluding hydrogens is 296 g/mol. The zero-order valence-corrected chi connectivity index (χ0v) is 11.3. The van der Waals surface area contributed by atoms with E-state index in [4.69, 9.17) is 0 Å². The number of esters is 3. The molecule has 0 radical (unpaired) electrons. The number of hydrogen-bond donors (Lipinski definition) is 0. The van der Waals surface area contributed by atoms with Crippen molar-refractivity contribution < 1.29 is 28.6 Å². The molecule has 7 heteroatoms. The third-order valence-corrected chi connectivity index (χ3v) is 2.04. The summed E-state index contributed by atoms with van der Waals surface area (Å²) < 4.78 is 13.6. The van der Waals surface area contributed by atoms with Gasteiger partial charge in [0.15, 0.2) is 4.48 Å². The zero-order chi connectivity index (χ0) is 13.4. The Bertz CT molecular complexity index is 347. The Morgan fingerprint density at radius 3 is 1.88 bits per heavy atom. The topological polar surface area (TPSA) is 78.9 Å². The lowest BCUT2D eigenvalue weighted by Gasteiger charge is -2.08. The quantitative estimate of drug-likeness (QED) is 0.329. The Morgan fingerprint density at radius 2 is 1.47 bits per heavy atom. The Kier molecular flexibility index (Phi) is 7.20. The summed E-state index contributed by atoms with van der Waals surface area (Å²) in [4.78, 5) is 33.6. The van der Waals surface area contributed by atoms with E-state index < -0.39 is 23.7 Å². The van der Waals surface area contributed by atoms with Crippen LogP contribution in [0.25, 0.3) is 0 Å². The SMILES string of the molecule is CCOC(=O)C(Br)=C(OC(C)=O)C(=O)OCC. The Labute approximate surface area is 107 Å². The van der Waals surface area contributed by atoms with Crippen LogP contribution in [0.5, 0.6) is 0 Å². The molecule has 0 aliphatic carbocycles. The van der Waals surface area contributed by atoms with Crippen LogP contribution in [0.1, 0.15) is 20.8 Å². The highest BCUT2D eigenvalue weighted by atomic mass is 79.9. The van der Waals surface area contributed by atoms with Crippen LogP contribution in [0.3, 0.4) is 0 Å². The predicted octanol–water partition coefficient (Wildman–Crippen LogP) is 1.28. The van der Waals surface area contributed by atoms with E-state index in [2.05, 4.69) is 30.1 Å². The number of ether oxygens (including phenoxy) is 3. The second-order valence-corrected chi connectivity index (χ2v) is 3.47. The van der Waals surface area contributed by atoms with Gasteiger partial charge in [0.1, 0.15) is 0 Å². The van der Waals surface area contributed by atoms with Gasteiger partial charge in [0.05, 0.1) is 13.2 Å². The lowest BCUT2D eigenvalue weighted by Crippen LogP contribution is -2.17. The fourth-order valence-electron chi connectivity index (χ4n) is 0.804. The van der Waals surface area contributed by atoms with Gasteiger partial charge in [-0.25, -0.2) is 9.59 Å². The number of hydrogen-bond acceptors (Lipinski definition) is 6. The molecule has 0 aliphatic heterocycles. The number of halogens is 1. The van der Waals surface area contributed by atoms with E-state index in [1.165, 1.54) is 0 Å². The third-order valence-electron chi connectivity index (χ3n) is 1.36. The standard InChI is InChI=1S/C10H13BrO6/c1-4-15-9(13)7(11)8(17-6(3)12)10(14)16-5-2/h4-5H2,1-3H3. The van der Waals surface area contributed by atoms with Gasteiger partial charge in [-0.2, -0.15) is 0 Å². The van der Waals surface area contributed by atoms with Crippen molar-refractivity contribution in [2.75, 3.05) is 13.2 Å². The van der Waals surface area contributed by atoms with Gasteiger partial charge in [-0.15, -0.1) is 0 Å². The molecule has 0 saturated carbocycles. The van der Waals surface area contributed by atoms with E-state index in [0.29, 0.717) is 0 Å². The van der Waals surface area contributed by atoms with Crippen molar-refractivity contribution in [3.05, 3.63) is 10.2 Å². The second kappa shape index (κ2) is 7.83. The maximum Gasteiger partial charge on any atom is 0.375 e. The second-order valence-electron chi connectivity index (χ2n) is 2.68. The Morgan fingerprint density at radius 1 is 1.00 bits per heavy atom. The van der Waals surface area contributed by atoms with Crippen LogP contribution in [0, 0.1) is 0 Å². The highest BCUT2D eigenvalue weighted by Gasteiger charge is 2.24. The number of rotatable bonds is 5. The van der Waals surface area contributed by atoms with E-state index in [1.54, 1.807) is 13.8 Å². The van der Waals surface area contributed by atoms with Crippen LogP contribution in [-0.4, -0.2) is 31.1 Å². The van der Waals surface area contributed by atoms with E-state index in [9.17, 15) is 14.4 Å². The molecule has 0 aliphatic rings. The van der Waals surface area contributed by atoms with Crippen molar-refractivity contribution in [3.63, 3.8) is 0 Å². The predicted molar refractivity (Wildman–Crippen MR) is 61.0 cm³/mol. The van der Waals surface area contributed by atoms with Crippen LogP contribution >= 0.6 is 15.9 Å². The van der Waals surface area contributed by atoms with Gasteiger partial charge >= 0.3 is 17.9 Å². The van der Waals surface area contributed by atoms with Crippen LogP contribution in [0.2, 0.25) is 0 Å². The average molecular weight is 309 g/mol. The largest absolute Gasteiger partial charge is 0.462 e. The zero-order valence-electron chi connectivity index (χ0n) is 9.74. The minimum atomic E-state index is -0.914. The normalized spacial score (nSPS) is 11.3. The van der Waals surface area contributed by atoms with Crippen molar-refractivity contribution >= 4 is 33.8 Å². The van der Waals surface area contributed by atoms with Crippen LogP contribution in [0.15, 0.2) is 10.2 Å². The van der Waals surface area contributed by atoms with Gasteiger partial charge in [-0.1, -0.05) is 0 Å². The highest BCUT2D eigenvalue weighted by molar-refractivity contribution is 9.12. The van der Waals surface area contributed by atoms with Crippen LogP contribution in [-0.2, 0) is 28.6 Å². The summed E-state index contributed by atoms with van der Waals surface area (Å²) in [6.45, 7) is 4.51. The average Bonchev–Trinajstić information content (AvgIpc) is 2.25. The van der Waals surface area contributed by atoms with Crippen molar-refractivity contribution in [2.45, 2.75) is 20.8 Å². The maximum atomic E-state index is 11.4. The monoisotopic (exact) mass is 308 g/mol. The van der Waals surface area contributed by atoms with Gasteiger partial charge in [-0.3, -0.25) is 4.79 Å². The van der Waals surface area contributed by atoms with Gasteiger partial charge < -0.3 is 14.2 Å². The van der Waals surface area contributed by atoms with E-state index in [1.807, 2.05) is 0 Å². The molecule has 17 heavy (non-hydrogen) atoms. The number of carbonyl (C=O) groups excluding carboxylic acids is 3. The molecule has 0 N–H and O–H groups in total. The lowest BCUT2D eigenvalue weighted by molar-refractivity contribution is -0.150. The molecule has 0 amide bonds. The molecule has 6 nitrogen and oxygen atoms in total. The molecule has 96 valence electrons. The van der Waals surface area contributed by atoms with Crippen LogP contribution < -0.4 is 0 Å². The summed E-state index contributed by atoms with van der Waals surface area (Å²) in [5, 5.41) is 0. The summed E-state index contributed by atoms with van der Waals surface area (Å²) in [5.74, 6) is -2.98. The molecule has 0 bridgehead atoms. The maximum absolute atomic E-state index is 11.4. The highest BCUT2D eigenvalue weighted by Crippen LogP contribution is 2.17. The van der Waals surface area contributed by atoms with Gasteiger partial charge in [-0.05, 0) is 29.8 Å². The van der Waals surface area contributed by atoms with E-state index >= 15 is 0 Å². The van der Waals surface area contributed by atoms with E-state index in [-0.39, 0.29) is 17.7 Å². The molecule has 0 saturated heterocycles. The molecular formula is C10H13BrO6. The number of carbonyl (C=O) groups is 3. The summed E-state index contributed by atoms with van der Waals surface area (Å²) in [6.07, 6.45) is 0. The van der Waals surface area contributed by atoms with E-state index in [0.717, 1.165) is 6.92 Å². The van der Waals surface area contributed by atoms with Crippen molar-refractivity contribution in [1.29, 1.82) is 0 Å². The molecule has 0 heterocycles. The smallest absolute Gasteiger partial charge is 0.375 e. The molecule has 0 atom stereocenters. The van der Waals surface area contributed by atoms with Crippen LogP contribution in [0.4, 0.5) is 0 Å². The molecule has 0 aromatic carbocycles. The third kappa shape index (κ3) is 5.48. The summed E-state index contributed by atoms with van der Waals surface area (Å²) in [5.41, 5.74) is 0. The minimum absolute atomic E-state index is 0.0900. The first kappa shape index (κ1) is 15.6. The van der Waals surface area contributed by atoms with Crippen molar-refractivity contribution in [1.82, 2.24) is 0 Å². The molecule has 0 spiro atoms. The summed E-state index contributed by atoms with van der Waals surface area (Å²) >= 11 is 2.84. The minimum Gasteiger partial charge on any atom is -0.462 e. The molecule has 0 fully saturated rings. The lowest BCUT2D eigenvalue weighted by atomic mass is 10.4. The van der Waals surface area contributed by atoms with Gasteiger partial charge in [0.25, 0.3) is 0 Å². The van der Waals surface area contributed by atoms with Crippen molar-refractivity contribution in [3.8, 4) is 0 Å². The van der Waals surface area contributed by atoms with Crippen molar-refractivity contribution in [2.24, 2.45) is 0 Å². The summed E-state index contributed by atoms with van der Waals surface area (Å²) in [6, 6.07) is 0. The Balaban J connectivity index is 5.12. The fourth-order valence-corrected chi connectivity index (χ4v) is 1.16. The summed E-state index contributed by atoms with van der Waals surface area (Å²) in [7, 11) is 0.